The van der Waals surface area contributed by atoms with Gasteiger partial charge in [0.25, 0.3) is 0 Å². The molecule has 6 nitrogen and oxygen atoms in total. The van der Waals surface area contributed by atoms with Gasteiger partial charge in [-0.1, -0.05) is 13.3 Å². The molecule has 0 saturated carbocycles. The number of unbranched alkanes of at least 4 members (excludes halogenated alkanes) is 1. The molecule has 0 aliphatic carbocycles. The molecule has 0 heterocycles. The molecule has 0 aliphatic heterocycles. The zero-order valence-electron chi connectivity index (χ0n) is 9.06. The summed E-state index contributed by atoms with van der Waals surface area (Å²) in [6, 6.07) is -1.72. The topological polar surface area (TPSA) is 89.9 Å². The Morgan fingerprint density at radius 2 is 2.07 bits per heavy atom. The number of aliphatic carboxylic acids is 1. The SMILES string of the molecule is CCCCN(C)C(=O)N[C@H](CO)C(=O)O. The number of hydrogen-bond acceptors (Lipinski definition) is 3. The molecular weight excluding hydrogens is 200 g/mol. The number of rotatable bonds is 6. The van der Waals surface area contributed by atoms with Crippen molar-refractivity contribution in [1.82, 2.24) is 10.2 Å². The molecule has 0 aromatic heterocycles. The van der Waals surface area contributed by atoms with Gasteiger partial charge in [-0.05, 0) is 6.42 Å². The van der Waals surface area contributed by atoms with Crippen LogP contribution < -0.4 is 5.32 Å². The minimum Gasteiger partial charge on any atom is -0.480 e. The highest BCUT2D eigenvalue weighted by Crippen LogP contribution is 1.93. The molecule has 1 atom stereocenters. The van der Waals surface area contributed by atoms with Crippen LogP contribution in [-0.2, 0) is 4.79 Å². The summed E-state index contributed by atoms with van der Waals surface area (Å²) < 4.78 is 0. The van der Waals surface area contributed by atoms with Crippen LogP contribution in [0.25, 0.3) is 0 Å². The molecule has 88 valence electrons. The van der Waals surface area contributed by atoms with Crippen LogP contribution in [0.2, 0.25) is 0 Å². The highest BCUT2D eigenvalue weighted by Gasteiger charge is 2.20. The lowest BCUT2D eigenvalue weighted by Crippen LogP contribution is -2.48. The molecule has 15 heavy (non-hydrogen) atoms. The number of amides is 2. The fraction of sp³-hybridized carbons (Fsp3) is 0.778. The second kappa shape index (κ2) is 7.05. The van der Waals surface area contributed by atoms with E-state index < -0.39 is 24.6 Å². The van der Waals surface area contributed by atoms with Gasteiger partial charge in [-0.15, -0.1) is 0 Å². The maximum absolute atomic E-state index is 11.4. The monoisotopic (exact) mass is 218 g/mol. The van der Waals surface area contributed by atoms with Gasteiger partial charge in [-0.25, -0.2) is 9.59 Å². The van der Waals surface area contributed by atoms with Crippen molar-refractivity contribution in [2.75, 3.05) is 20.2 Å². The van der Waals surface area contributed by atoms with Gasteiger partial charge in [0.05, 0.1) is 6.61 Å². The lowest BCUT2D eigenvalue weighted by molar-refractivity contribution is -0.140. The van der Waals surface area contributed by atoms with E-state index in [1.807, 2.05) is 6.92 Å². The van der Waals surface area contributed by atoms with Crippen molar-refractivity contribution in [3.05, 3.63) is 0 Å². The van der Waals surface area contributed by atoms with Crippen molar-refractivity contribution in [3.8, 4) is 0 Å². The van der Waals surface area contributed by atoms with Crippen LogP contribution in [0.15, 0.2) is 0 Å². The average Bonchev–Trinajstić information content (AvgIpc) is 2.21. The summed E-state index contributed by atoms with van der Waals surface area (Å²) in [6.45, 7) is 1.96. The van der Waals surface area contributed by atoms with E-state index in [1.165, 1.54) is 4.90 Å². The zero-order chi connectivity index (χ0) is 11.8. The molecular formula is C9H18N2O4. The first-order valence-electron chi connectivity index (χ1n) is 4.88. The normalized spacial score (nSPS) is 11.9. The van der Waals surface area contributed by atoms with Crippen LogP contribution in [0.4, 0.5) is 4.79 Å². The Kier molecular flexibility index (Phi) is 6.44. The van der Waals surface area contributed by atoms with Gasteiger partial charge < -0.3 is 20.4 Å². The van der Waals surface area contributed by atoms with Crippen molar-refractivity contribution in [2.45, 2.75) is 25.8 Å². The number of urea groups is 1. The number of hydrogen-bond donors (Lipinski definition) is 3. The average molecular weight is 218 g/mol. The van der Waals surface area contributed by atoms with Crippen molar-refractivity contribution >= 4 is 12.0 Å². The maximum atomic E-state index is 11.4. The van der Waals surface area contributed by atoms with Gasteiger partial charge in [0.15, 0.2) is 6.04 Å². The molecule has 0 unspecified atom stereocenters. The lowest BCUT2D eigenvalue weighted by Gasteiger charge is -2.20. The van der Waals surface area contributed by atoms with Gasteiger partial charge in [-0.2, -0.15) is 0 Å². The Morgan fingerprint density at radius 3 is 2.47 bits per heavy atom. The van der Waals surface area contributed by atoms with Crippen LogP contribution in [0.5, 0.6) is 0 Å². The van der Waals surface area contributed by atoms with E-state index in [1.54, 1.807) is 7.05 Å². The molecule has 0 aliphatic rings. The zero-order valence-corrected chi connectivity index (χ0v) is 9.06. The van der Waals surface area contributed by atoms with Gasteiger partial charge in [0, 0.05) is 13.6 Å². The summed E-state index contributed by atoms with van der Waals surface area (Å²) >= 11 is 0. The van der Waals surface area contributed by atoms with Gasteiger partial charge in [0.1, 0.15) is 0 Å². The van der Waals surface area contributed by atoms with E-state index in [2.05, 4.69) is 5.32 Å². The van der Waals surface area contributed by atoms with Crippen molar-refractivity contribution < 1.29 is 19.8 Å². The van der Waals surface area contributed by atoms with Crippen LogP contribution >= 0.6 is 0 Å². The molecule has 6 heteroatoms. The second-order valence-corrected chi connectivity index (χ2v) is 3.30. The molecule has 0 bridgehead atoms. The molecule has 0 rings (SSSR count). The fourth-order valence-electron chi connectivity index (χ4n) is 0.942. The number of carbonyl (C=O) groups excluding carboxylic acids is 1. The van der Waals surface area contributed by atoms with E-state index in [9.17, 15) is 9.59 Å². The summed E-state index contributed by atoms with van der Waals surface area (Å²) in [4.78, 5) is 23.3. The molecule has 0 fully saturated rings. The number of carboxylic acid groups (broad SMARTS) is 1. The van der Waals surface area contributed by atoms with Crippen molar-refractivity contribution in [1.29, 1.82) is 0 Å². The van der Waals surface area contributed by atoms with Crippen LogP contribution in [0, 0.1) is 0 Å². The third-order valence-electron chi connectivity index (χ3n) is 1.97. The predicted octanol–water partition coefficient (Wildman–Crippen LogP) is -0.127. The van der Waals surface area contributed by atoms with Crippen LogP contribution in [0.3, 0.4) is 0 Å². The summed E-state index contributed by atoms with van der Waals surface area (Å²) in [5, 5.41) is 19.5. The number of nitrogens with zero attached hydrogens (tertiary/aromatic N) is 1. The Labute approximate surface area is 88.9 Å². The molecule has 2 amide bonds. The number of carbonyl (C=O) groups is 2. The smallest absolute Gasteiger partial charge is 0.328 e. The largest absolute Gasteiger partial charge is 0.480 e. The molecule has 0 aromatic carbocycles. The van der Waals surface area contributed by atoms with E-state index in [0.717, 1.165) is 12.8 Å². The predicted molar refractivity (Wildman–Crippen MR) is 54.6 cm³/mol. The molecule has 0 aromatic rings. The summed E-state index contributed by atoms with van der Waals surface area (Å²) in [7, 11) is 1.58. The van der Waals surface area contributed by atoms with E-state index in [0.29, 0.717) is 6.54 Å². The summed E-state index contributed by atoms with van der Waals surface area (Å²) in [5.74, 6) is -1.24. The first kappa shape index (κ1) is 13.7. The van der Waals surface area contributed by atoms with E-state index in [-0.39, 0.29) is 0 Å². The Hall–Kier alpha value is -1.30. The summed E-state index contributed by atoms with van der Waals surface area (Å²) in [6.07, 6.45) is 1.82. The molecule has 0 spiro atoms. The Balaban J connectivity index is 4.04. The minimum atomic E-state index is -1.24. The third kappa shape index (κ3) is 5.21. The van der Waals surface area contributed by atoms with Crippen molar-refractivity contribution in [2.24, 2.45) is 0 Å². The summed E-state index contributed by atoms with van der Waals surface area (Å²) in [5.41, 5.74) is 0. The highest BCUT2D eigenvalue weighted by molar-refractivity contribution is 5.82. The Bertz CT molecular complexity index is 220. The number of aliphatic hydroxyl groups is 1. The second-order valence-electron chi connectivity index (χ2n) is 3.30. The number of nitrogens with one attached hydrogen (secondary N) is 1. The standard InChI is InChI=1S/C9H18N2O4/c1-3-4-5-11(2)9(15)10-7(6-12)8(13)14/h7,12H,3-6H2,1-2H3,(H,10,15)(H,13,14)/t7-/m1/s1. The quantitative estimate of drug-likeness (QED) is 0.579. The van der Waals surface area contributed by atoms with Crippen molar-refractivity contribution in [3.63, 3.8) is 0 Å². The third-order valence-corrected chi connectivity index (χ3v) is 1.97. The first-order chi connectivity index (χ1) is 7.02. The fourth-order valence-corrected chi connectivity index (χ4v) is 0.942. The lowest BCUT2D eigenvalue weighted by atomic mass is 10.3. The maximum Gasteiger partial charge on any atom is 0.328 e. The van der Waals surface area contributed by atoms with Gasteiger partial charge >= 0.3 is 12.0 Å². The highest BCUT2D eigenvalue weighted by atomic mass is 16.4. The van der Waals surface area contributed by atoms with Gasteiger partial charge in [-0.3, -0.25) is 0 Å². The van der Waals surface area contributed by atoms with Crippen LogP contribution in [0.1, 0.15) is 19.8 Å². The van der Waals surface area contributed by atoms with E-state index >= 15 is 0 Å². The number of aliphatic hydroxyl groups excluding tert-OH is 1. The molecule has 0 radical (unpaired) electrons. The molecule has 0 saturated heterocycles. The Morgan fingerprint density at radius 1 is 1.47 bits per heavy atom. The van der Waals surface area contributed by atoms with E-state index in [4.69, 9.17) is 10.2 Å². The number of carboxylic acids is 1. The van der Waals surface area contributed by atoms with Crippen LogP contribution in [-0.4, -0.2) is 53.4 Å². The van der Waals surface area contributed by atoms with Gasteiger partial charge in [0.2, 0.25) is 0 Å². The minimum absolute atomic E-state index is 0.482. The first-order valence-corrected chi connectivity index (χ1v) is 4.88. The molecule has 3 N–H and O–H groups in total.